The summed E-state index contributed by atoms with van der Waals surface area (Å²) in [6, 6.07) is 9.74. The minimum atomic E-state index is -0.448. The fourth-order valence-corrected chi connectivity index (χ4v) is 4.44. The second kappa shape index (κ2) is 3.81. The summed E-state index contributed by atoms with van der Waals surface area (Å²) in [6.07, 6.45) is 3.28. The lowest BCUT2D eigenvalue weighted by molar-refractivity contribution is 0.0750. The number of fused-ring (bicyclic) bond motifs is 3. The van der Waals surface area contributed by atoms with Crippen molar-refractivity contribution in [2.45, 2.75) is 4.87 Å². The van der Waals surface area contributed by atoms with Gasteiger partial charge in [-0.2, -0.15) is 0 Å². The van der Waals surface area contributed by atoms with Crippen LogP contribution in [0, 0.1) is 0 Å². The van der Waals surface area contributed by atoms with Crippen LogP contribution in [0.4, 0.5) is 0 Å². The number of carbonyl (C=O) groups excluding carboxylic acids is 1. The molecule has 94 valence electrons. The molecule has 0 spiro atoms. The Morgan fingerprint density at radius 3 is 3.00 bits per heavy atom. The zero-order valence-corrected chi connectivity index (χ0v) is 10.9. The van der Waals surface area contributed by atoms with Crippen LogP contribution >= 0.6 is 11.8 Å². The van der Waals surface area contributed by atoms with E-state index in [0.29, 0.717) is 0 Å². The molecule has 4 rings (SSSR count). The van der Waals surface area contributed by atoms with E-state index in [1.165, 1.54) is 0 Å². The standard InChI is InChI=1S/C14H11N3OS/c18-13-10-3-1-2-4-11(10)14(17(13)7-8-19-14)12-5-6-15-9-16-12/h1-6,9H,7-8H2. The summed E-state index contributed by atoms with van der Waals surface area (Å²) >= 11 is 1.77. The molecule has 1 aromatic heterocycles. The predicted molar refractivity (Wildman–Crippen MR) is 72.7 cm³/mol. The minimum absolute atomic E-state index is 0.110. The third-order valence-electron chi connectivity index (χ3n) is 3.70. The van der Waals surface area contributed by atoms with Gasteiger partial charge in [0.1, 0.15) is 6.33 Å². The molecule has 2 aromatic rings. The van der Waals surface area contributed by atoms with E-state index in [9.17, 15) is 4.79 Å². The number of amides is 1. The van der Waals surface area contributed by atoms with Crippen molar-refractivity contribution in [3.05, 3.63) is 59.7 Å². The van der Waals surface area contributed by atoms with Crippen molar-refractivity contribution >= 4 is 17.7 Å². The average molecular weight is 269 g/mol. The zero-order valence-electron chi connectivity index (χ0n) is 10.1. The third kappa shape index (κ3) is 1.28. The van der Waals surface area contributed by atoms with E-state index in [1.807, 2.05) is 35.2 Å². The first-order chi connectivity index (χ1) is 9.34. The molecule has 1 saturated heterocycles. The normalized spacial score (nSPS) is 24.4. The average Bonchev–Trinajstić information content (AvgIpc) is 3.01. The van der Waals surface area contributed by atoms with E-state index in [2.05, 4.69) is 9.97 Å². The summed E-state index contributed by atoms with van der Waals surface area (Å²) in [6.45, 7) is 0.766. The molecule has 0 bridgehead atoms. The summed E-state index contributed by atoms with van der Waals surface area (Å²) in [7, 11) is 0. The summed E-state index contributed by atoms with van der Waals surface area (Å²) in [4.78, 5) is 22.4. The quantitative estimate of drug-likeness (QED) is 0.793. The van der Waals surface area contributed by atoms with Gasteiger partial charge in [-0.05, 0) is 12.1 Å². The van der Waals surface area contributed by atoms with Crippen LogP contribution in [0.5, 0.6) is 0 Å². The minimum Gasteiger partial charge on any atom is -0.314 e. The molecule has 1 atom stereocenters. The maximum Gasteiger partial charge on any atom is 0.255 e. The summed E-state index contributed by atoms with van der Waals surface area (Å²) in [5.41, 5.74) is 2.75. The molecule has 0 aliphatic carbocycles. The first-order valence-corrected chi connectivity index (χ1v) is 7.14. The topological polar surface area (TPSA) is 46.1 Å². The van der Waals surface area contributed by atoms with Crippen molar-refractivity contribution < 1.29 is 4.79 Å². The van der Waals surface area contributed by atoms with Gasteiger partial charge in [-0.1, -0.05) is 18.2 Å². The van der Waals surface area contributed by atoms with E-state index in [-0.39, 0.29) is 5.91 Å². The van der Waals surface area contributed by atoms with E-state index >= 15 is 0 Å². The molecule has 5 heteroatoms. The molecule has 4 nitrogen and oxygen atoms in total. The second-order valence-electron chi connectivity index (χ2n) is 4.59. The molecule has 0 saturated carbocycles. The molecule has 19 heavy (non-hydrogen) atoms. The summed E-state index contributed by atoms with van der Waals surface area (Å²) < 4.78 is 0. The third-order valence-corrected chi connectivity index (χ3v) is 5.16. The summed E-state index contributed by atoms with van der Waals surface area (Å²) in [5, 5.41) is 0. The Kier molecular flexibility index (Phi) is 2.20. The van der Waals surface area contributed by atoms with E-state index in [4.69, 9.17) is 0 Å². The van der Waals surface area contributed by atoms with Crippen LogP contribution in [0.3, 0.4) is 0 Å². The molecule has 2 aliphatic heterocycles. The van der Waals surface area contributed by atoms with Crippen LogP contribution in [0.1, 0.15) is 21.6 Å². The number of aromatic nitrogens is 2. The van der Waals surface area contributed by atoms with Gasteiger partial charge in [0.05, 0.1) is 5.69 Å². The number of thioether (sulfide) groups is 1. The number of carbonyl (C=O) groups is 1. The second-order valence-corrected chi connectivity index (χ2v) is 5.88. The van der Waals surface area contributed by atoms with Gasteiger partial charge in [-0.3, -0.25) is 4.79 Å². The van der Waals surface area contributed by atoms with Crippen LogP contribution in [0.2, 0.25) is 0 Å². The Morgan fingerprint density at radius 2 is 2.16 bits per heavy atom. The first-order valence-electron chi connectivity index (χ1n) is 6.16. The highest BCUT2D eigenvalue weighted by molar-refractivity contribution is 8.00. The molecular formula is C14H11N3OS. The summed E-state index contributed by atoms with van der Waals surface area (Å²) in [5.74, 6) is 1.04. The number of benzene rings is 1. The Morgan fingerprint density at radius 1 is 1.26 bits per heavy atom. The van der Waals surface area contributed by atoms with E-state index in [0.717, 1.165) is 29.1 Å². The number of hydrogen-bond acceptors (Lipinski definition) is 4. The number of hydrogen-bond donors (Lipinski definition) is 0. The molecule has 0 radical (unpaired) electrons. The molecule has 1 amide bonds. The van der Waals surface area contributed by atoms with Gasteiger partial charge in [0.2, 0.25) is 0 Å². The van der Waals surface area contributed by atoms with Crippen LogP contribution in [-0.2, 0) is 4.87 Å². The van der Waals surface area contributed by atoms with Gasteiger partial charge >= 0.3 is 0 Å². The Labute approximate surface area is 114 Å². The molecule has 1 fully saturated rings. The lowest BCUT2D eigenvalue weighted by Gasteiger charge is -2.31. The Balaban J connectivity index is 2.02. The highest BCUT2D eigenvalue weighted by atomic mass is 32.2. The Hall–Kier alpha value is -1.88. The lowest BCUT2D eigenvalue weighted by Crippen LogP contribution is -2.38. The molecule has 0 N–H and O–H groups in total. The number of rotatable bonds is 1. The van der Waals surface area contributed by atoms with E-state index < -0.39 is 4.87 Å². The fraction of sp³-hybridized carbons (Fsp3) is 0.214. The lowest BCUT2D eigenvalue weighted by atomic mass is 10.0. The van der Waals surface area contributed by atoms with Crippen LogP contribution < -0.4 is 0 Å². The Bertz CT molecular complexity index is 661. The van der Waals surface area contributed by atoms with Crippen molar-refractivity contribution in [3.8, 4) is 0 Å². The molecule has 3 heterocycles. The van der Waals surface area contributed by atoms with Gasteiger partial charge in [-0.25, -0.2) is 9.97 Å². The van der Waals surface area contributed by atoms with Crippen molar-refractivity contribution in [1.82, 2.24) is 14.9 Å². The van der Waals surface area contributed by atoms with Gasteiger partial charge in [0.25, 0.3) is 5.91 Å². The fourth-order valence-electron chi connectivity index (χ4n) is 2.94. The largest absolute Gasteiger partial charge is 0.314 e. The van der Waals surface area contributed by atoms with Gasteiger partial charge in [-0.15, -0.1) is 11.8 Å². The molecule has 1 unspecified atom stereocenters. The van der Waals surface area contributed by atoms with Crippen molar-refractivity contribution in [3.63, 3.8) is 0 Å². The highest BCUT2D eigenvalue weighted by Gasteiger charge is 2.55. The smallest absolute Gasteiger partial charge is 0.255 e. The monoisotopic (exact) mass is 269 g/mol. The first kappa shape index (κ1) is 11.0. The van der Waals surface area contributed by atoms with Gasteiger partial charge in [0.15, 0.2) is 4.87 Å². The zero-order chi connectivity index (χ0) is 12.9. The van der Waals surface area contributed by atoms with Gasteiger partial charge in [0, 0.05) is 29.6 Å². The maximum atomic E-state index is 12.5. The van der Waals surface area contributed by atoms with Gasteiger partial charge < -0.3 is 4.90 Å². The van der Waals surface area contributed by atoms with Crippen LogP contribution in [0.25, 0.3) is 0 Å². The predicted octanol–water partition coefficient (Wildman–Crippen LogP) is 1.88. The molecular weight excluding hydrogens is 258 g/mol. The number of nitrogens with zero attached hydrogens (tertiary/aromatic N) is 3. The highest BCUT2D eigenvalue weighted by Crippen LogP contribution is 2.54. The van der Waals surface area contributed by atoms with Crippen molar-refractivity contribution in [2.24, 2.45) is 0 Å². The maximum absolute atomic E-state index is 12.5. The van der Waals surface area contributed by atoms with Crippen LogP contribution in [-0.4, -0.2) is 33.1 Å². The van der Waals surface area contributed by atoms with Crippen molar-refractivity contribution in [2.75, 3.05) is 12.3 Å². The molecule has 2 aliphatic rings. The van der Waals surface area contributed by atoms with E-state index in [1.54, 1.807) is 24.3 Å². The SMILES string of the molecule is O=C1c2ccccc2C2(c3ccncn3)SCCN12. The van der Waals surface area contributed by atoms with Crippen LogP contribution in [0.15, 0.2) is 42.9 Å². The molecule has 1 aromatic carbocycles. The van der Waals surface area contributed by atoms with Crippen molar-refractivity contribution in [1.29, 1.82) is 0 Å².